The van der Waals surface area contributed by atoms with Gasteiger partial charge in [0.15, 0.2) is 5.76 Å². The van der Waals surface area contributed by atoms with Crippen molar-refractivity contribution in [3.05, 3.63) is 41.8 Å². The van der Waals surface area contributed by atoms with Crippen LogP contribution in [-0.2, 0) is 17.9 Å². The molecule has 23 heavy (non-hydrogen) atoms. The molecule has 2 heterocycles. The van der Waals surface area contributed by atoms with E-state index in [0.29, 0.717) is 18.2 Å². The number of hydrogen-bond donors (Lipinski definition) is 0. The van der Waals surface area contributed by atoms with Crippen LogP contribution in [0.4, 0.5) is 0 Å². The lowest BCUT2D eigenvalue weighted by atomic mass is 10.1. The van der Waals surface area contributed by atoms with E-state index in [-0.39, 0.29) is 12.5 Å². The lowest BCUT2D eigenvalue weighted by Gasteiger charge is -2.14. The summed E-state index contributed by atoms with van der Waals surface area (Å²) in [6, 6.07) is 9.41. The average molecular weight is 313 g/mol. The summed E-state index contributed by atoms with van der Waals surface area (Å²) in [6.45, 7) is 4.56. The fraction of sp³-hybridized carbons (Fsp3) is 0.375. The first-order valence-electron chi connectivity index (χ1n) is 7.52. The number of nitrogens with zero attached hydrogens (tertiary/aromatic N) is 5. The van der Waals surface area contributed by atoms with Gasteiger partial charge >= 0.3 is 0 Å². The molecule has 0 radical (unpaired) electrons. The zero-order valence-corrected chi connectivity index (χ0v) is 13.4. The van der Waals surface area contributed by atoms with Gasteiger partial charge in [-0.15, -0.1) is 0 Å². The van der Waals surface area contributed by atoms with Gasteiger partial charge in [-0.25, -0.2) is 0 Å². The van der Waals surface area contributed by atoms with Crippen LogP contribution >= 0.6 is 0 Å². The molecule has 0 aliphatic carbocycles. The molecule has 3 rings (SSSR count). The summed E-state index contributed by atoms with van der Waals surface area (Å²) in [7, 11) is 1.73. The van der Waals surface area contributed by atoms with Crippen molar-refractivity contribution < 1.29 is 9.32 Å². The first-order valence-corrected chi connectivity index (χ1v) is 7.52. The van der Waals surface area contributed by atoms with Crippen LogP contribution in [-0.4, -0.2) is 38.0 Å². The number of likely N-dealkylation sites (N-methyl/N-ethyl adjacent to an activating group) is 1. The maximum absolute atomic E-state index is 12.3. The van der Waals surface area contributed by atoms with Gasteiger partial charge in [-0.2, -0.15) is 15.0 Å². The maximum atomic E-state index is 12.3. The topological polar surface area (TPSA) is 77.0 Å². The minimum absolute atomic E-state index is 0.0900. The number of amides is 1. The monoisotopic (exact) mass is 313 g/mol. The second-order valence-corrected chi connectivity index (χ2v) is 5.84. The van der Waals surface area contributed by atoms with Gasteiger partial charge in [0, 0.05) is 13.1 Å². The van der Waals surface area contributed by atoms with Crippen LogP contribution in [0.15, 0.2) is 34.9 Å². The summed E-state index contributed by atoms with van der Waals surface area (Å²) in [5, 5.41) is 12.6. The SMILES string of the molecule is CC(C)c1cc(CN(C)C(=O)Cn2nc3ccccc3n2)on1. The van der Waals surface area contributed by atoms with E-state index in [1.54, 1.807) is 11.9 Å². The average Bonchev–Trinajstić information content (AvgIpc) is 3.13. The van der Waals surface area contributed by atoms with Crippen LogP contribution in [0.2, 0.25) is 0 Å². The van der Waals surface area contributed by atoms with Crippen LogP contribution in [0.5, 0.6) is 0 Å². The molecule has 0 N–H and O–H groups in total. The second-order valence-electron chi connectivity index (χ2n) is 5.84. The fourth-order valence-corrected chi connectivity index (χ4v) is 2.21. The van der Waals surface area contributed by atoms with Crippen molar-refractivity contribution in [2.45, 2.75) is 32.9 Å². The lowest BCUT2D eigenvalue weighted by Crippen LogP contribution is -2.30. The maximum Gasteiger partial charge on any atom is 0.246 e. The molecule has 7 heteroatoms. The quantitative estimate of drug-likeness (QED) is 0.721. The zero-order chi connectivity index (χ0) is 16.4. The summed E-state index contributed by atoms with van der Waals surface area (Å²) >= 11 is 0. The second kappa shape index (κ2) is 6.20. The van der Waals surface area contributed by atoms with E-state index in [4.69, 9.17) is 4.52 Å². The zero-order valence-electron chi connectivity index (χ0n) is 13.4. The van der Waals surface area contributed by atoms with E-state index in [1.165, 1.54) is 4.80 Å². The highest BCUT2D eigenvalue weighted by molar-refractivity contribution is 5.77. The number of carbonyl (C=O) groups is 1. The van der Waals surface area contributed by atoms with Gasteiger partial charge in [0.05, 0.1) is 12.2 Å². The van der Waals surface area contributed by atoms with E-state index in [2.05, 4.69) is 15.4 Å². The van der Waals surface area contributed by atoms with Crippen molar-refractivity contribution in [1.29, 1.82) is 0 Å². The number of rotatable bonds is 5. The smallest absolute Gasteiger partial charge is 0.246 e. The van der Waals surface area contributed by atoms with Gasteiger partial charge in [0.2, 0.25) is 5.91 Å². The van der Waals surface area contributed by atoms with Gasteiger partial charge in [0.1, 0.15) is 17.6 Å². The molecule has 120 valence electrons. The van der Waals surface area contributed by atoms with Crippen molar-refractivity contribution in [3.63, 3.8) is 0 Å². The fourth-order valence-electron chi connectivity index (χ4n) is 2.21. The molecule has 0 aliphatic heterocycles. The summed E-state index contributed by atoms with van der Waals surface area (Å²) in [6.07, 6.45) is 0. The summed E-state index contributed by atoms with van der Waals surface area (Å²) in [4.78, 5) is 15.3. The minimum Gasteiger partial charge on any atom is -0.359 e. The molecule has 1 aromatic carbocycles. The normalized spacial score (nSPS) is 11.3. The van der Waals surface area contributed by atoms with E-state index in [0.717, 1.165) is 16.7 Å². The van der Waals surface area contributed by atoms with Crippen molar-refractivity contribution in [1.82, 2.24) is 25.1 Å². The van der Waals surface area contributed by atoms with Gasteiger partial charge in [-0.1, -0.05) is 31.1 Å². The molecule has 0 bridgehead atoms. The van der Waals surface area contributed by atoms with Crippen LogP contribution in [0, 0.1) is 0 Å². The molecule has 2 aromatic heterocycles. The van der Waals surface area contributed by atoms with Gasteiger partial charge in [-0.05, 0) is 18.1 Å². The first-order chi connectivity index (χ1) is 11.0. The third-order valence-electron chi connectivity index (χ3n) is 3.59. The molecule has 3 aromatic rings. The van der Waals surface area contributed by atoms with Crippen LogP contribution < -0.4 is 0 Å². The number of hydrogen-bond acceptors (Lipinski definition) is 5. The number of fused-ring (bicyclic) bond motifs is 1. The Hall–Kier alpha value is -2.70. The van der Waals surface area contributed by atoms with E-state index in [9.17, 15) is 4.79 Å². The Morgan fingerprint density at radius 2 is 1.91 bits per heavy atom. The molecule has 0 saturated carbocycles. The highest BCUT2D eigenvalue weighted by atomic mass is 16.5. The highest BCUT2D eigenvalue weighted by Gasteiger charge is 2.15. The summed E-state index contributed by atoms with van der Waals surface area (Å²) < 4.78 is 5.26. The number of aromatic nitrogens is 4. The summed E-state index contributed by atoms with van der Waals surface area (Å²) in [5.74, 6) is 0.880. The third kappa shape index (κ3) is 3.39. The molecule has 0 atom stereocenters. The predicted molar refractivity (Wildman–Crippen MR) is 84.6 cm³/mol. The standard InChI is InChI=1S/C16H19N5O2/c1-11(2)15-8-12(23-19-15)9-20(3)16(22)10-21-17-13-6-4-5-7-14(13)18-21/h4-8,11H,9-10H2,1-3H3. The Balaban J connectivity index is 1.64. The Morgan fingerprint density at radius 1 is 1.26 bits per heavy atom. The summed E-state index contributed by atoms with van der Waals surface area (Å²) in [5.41, 5.74) is 2.44. The Kier molecular flexibility index (Phi) is 4.10. The molecule has 0 aliphatic rings. The lowest BCUT2D eigenvalue weighted by molar-refractivity contribution is -0.131. The van der Waals surface area contributed by atoms with Crippen molar-refractivity contribution >= 4 is 16.9 Å². The molecule has 0 fully saturated rings. The minimum atomic E-state index is -0.0900. The van der Waals surface area contributed by atoms with Gasteiger partial charge in [-0.3, -0.25) is 4.79 Å². The van der Waals surface area contributed by atoms with E-state index >= 15 is 0 Å². The Morgan fingerprint density at radius 3 is 2.48 bits per heavy atom. The predicted octanol–water partition coefficient (Wildman–Crippen LogP) is 2.20. The van der Waals surface area contributed by atoms with Crippen molar-refractivity contribution in [2.24, 2.45) is 0 Å². The van der Waals surface area contributed by atoms with E-state index < -0.39 is 0 Å². The highest BCUT2D eigenvalue weighted by Crippen LogP contribution is 2.15. The Bertz CT molecular complexity index is 788. The van der Waals surface area contributed by atoms with E-state index in [1.807, 2.05) is 44.2 Å². The molecule has 0 unspecified atom stereocenters. The van der Waals surface area contributed by atoms with Crippen molar-refractivity contribution in [2.75, 3.05) is 7.05 Å². The van der Waals surface area contributed by atoms with Gasteiger partial charge in [0.25, 0.3) is 0 Å². The van der Waals surface area contributed by atoms with Crippen LogP contribution in [0.25, 0.3) is 11.0 Å². The third-order valence-corrected chi connectivity index (χ3v) is 3.59. The first kappa shape index (κ1) is 15.2. The molecule has 1 amide bonds. The Labute approximate surface area is 133 Å². The largest absolute Gasteiger partial charge is 0.359 e. The molecule has 0 spiro atoms. The molecular weight excluding hydrogens is 294 g/mol. The molecule has 0 saturated heterocycles. The van der Waals surface area contributed by atoms with Gasteiger partial charge < -0.3 is 9.42 Å². The molecular formula is C16H19N5O2. The molecule has 7 nitrogen and oxygen atoms in total. The van der Waals surface area contributed by atoms with Crippen LogP contribution in [0.3, 0.4) is 0 Å². The number of benzene rings is 1. The van der Waals surface area contributed by atoms with Crippen molar-refractivity contribution in [3.8, 4) is 0 Å². The number of carbonyl (C=O) groups excluding carboxylic acids is 1. The van der Waals surface area contributed by atoms with Crippen LogP contribution in [0.1, 0.15) is 31.2 Å².